The SMILES string of the molecule is CSc1ccc(CC(C)[C@@H](N)[C@H](O)c2cccc(Cl)c2)cc1. The lowest BCUT2D eigenvalue weighted by Crippen LogP contribution is -2.36. The van der Waals surface area contributed by atoms with Gasteiger partial charge in [-0.25, -0.2) is 0 Å². The van der Waals surface area contributed by atoms with Crippen LogP contribution in [-0.2, 0) is 6.42 Å². The quantitative estimate of drug-likeness (QED) is 0.773. The van der Waals surface area contributed by atoms with E-state index in [9.17, 15) is 5.11 Å². The summed E-state index contributed by atoms with van der Waals surface area (Å²) in [5, 5.41) is 11.1. The number of hydrogen-bond donors (Lipinski definition) is 2. The van der Waals surface area contributed by atoms with Crippen molar-refractivity contribution in [1.29, 1.82) is 0 Å². The molecule has 0 spiro atoms. The fraction of sp³-hybridized carbons (Fsp3) is 0.333. The molecule has 0 aliphatic carbocycles. The summed E-state index contributed by atoms with van der Waals surface area (Å²) in [6.45, 7) is 2.07. The van der Waals surface area contributed by atoms with E-state index in [1.54, 1.807) is 23.9 Å². The normalized spacial score (nSPS) is 15.3. The van der Waals surface area contributed by atoms with Crippen LogP contribution in [0.25, 0.3) is 0 Å². The van der Waals surface area contributed by atoms with Gasteiger partial charge >= 0.3 is 0 Å². The largest absolute Gasteiger partial charge is 0.387 e. The molecule has 0 amide bonds. The molecule has 0 saturated carbocycles. The highest BCUT2D eigenvalue weighted by molar-refractivity contribution is 7.98. The standard InChI is InChI=1S/C18H22ClNOS/c1-12(10-13-6-8-16(22-2)9-7-13)17(20)18(21)14-4-3-5-15(19)11-14/h3-9,11-12,17-18,21H,10,20H2,1-2H3/t12?,17-,18-/m1/s1. The van der Waals surface area contributed by atoms with E-state index in [-0.39, 0.29) is 12.0 Å². The van der Waals surface area contributed by atoms with Gasteiger partial charge in [-0.1, -0.05) is 42.8 Å². The fourth-order valence-corrected chi connectivity index (χ4v) is 3.10. The highest BCUT2D eigenvalue weighted by Gasteiger charge is 2.23. The summed E-state index contributed by atoms with van der Waals surface area (Å²) >= 11 is 7.71. The van der Waals surface area contributed by atoms with Gasteiger partial charge < -0.3 is 10.8 Å². The molecular weight excluding hydrogens is 314 g/mol. The lowest BCUT2D eigenvalue weighted by atomic mass is 9.88. The first-order valence-electron chi connectivity index (χ1n) is 7.33. The lowest BCUT2D eigenvalue weighted by Gasteiger charge is -2.25. The summed E-state index contributed by atoms with van der Waals surface area (Å²) in [6.07, 6.45) is 2.20. The van der Waals surface area contributed by atoms with Crippen LogP contribution < -0.4 is 5.73 Å². The van der Waals surface area contributed by atoms with Crippen molar-refractivity contribution in [2.45, 2.75) is 30.4 Å². The van der Waals surface area contributed by atoms with Crippen molar-refractivity contribution in [3.63, 3.8) is 0 Å². The Morgan fingerprint density at radius 2 is 1.86 bits per heavy atom. The van der Waals surface area contributed by atoms with Gasteiger partial charge in [0, 0.05) is 16.0 Å². The molecule has 0 aliphatic rings. The zero-order valence-electron chi connectivity index (χ0n) is 12.9. The highest BCUT2D eigenvalue weighted by Crippen LogP contribution is 2.25. The average Bonchev–Trinajstić information content (AvgIpc) is 2.54. The predicted molar refractivity (Wildman–Crippen MR) is 95.5 cm³/mol. The Bertz CT molecular complexity index is 602. The number of aliphatic hydroxyl groups is 1. The molecular formula is C18H22ClNOS. The third kappa shape index (κ3) is 4.50. The Labute approximate surface area is 141 Å². The molecule has 22 heavy (non-hydrogen) atoms. The summed E-state index contributed by atoms with van der Waals surface area (Å²) in [5.74, 6) is 0.161. The van der Waals surface area contributed by atoms with Gasteiger partial charge in [0.25, 0.3) is 0 Å². The zero-order chi connectivity index (χ0) is 16.1. The Morgan fingerprint density at radius 3 is 2.45 bits per heavy atom. The van der Waals surface area contributed by atoms with E-state index in [0.29, 0.717) is 5.02 Å². The van der Waals surface area contributed by atoms with E-state index in [1.165, 1.54) is 10.5 Å². The van der Waals surface area contributed by atoms with Gasteiger partial charge in [-0.15, -0.1) is 11.8 Å². The number of rotatable bonds is 6. The number of hydrogen-bond acceptors (Lipinski definition) is 3. The van der Waals surface area contributed by atoms with E-state index in [4.69, 9.17) is 17.3 Å². The molecule has 2 rings (SSSR count). The maximum atomic E-state index is 10.5. The van der Waals surface area contributed by atoms with Gasteiger partial charge in [-0.2, -0.15) is 0 Å². The Morgan fingerprint density at radius 1 is 1.18 bits per heavy atom. The summed E-state index contributed by atoms with van der Waals surface area (Å²) in [7, 11) is 0. The molecule has 4 heteroatoms. The van der Waals surface area contributed by atoms with E-state index in [1.807, 2.05) is 12.1 Å². The van der Waals surface area contributed by atoms with Gasteiger partial charge in [0.15, 0.2) is 0 Å². The van der Waals surface area contributed by atoms with Crippen LogP contribution >= 0.6 is 23.4 Å². The van der Waals surface area contributed by atoms with Crippen molar-refractivity contribution >= 4 is 23.4 Å². The Hall–Kier alpha value is -1.00. The number of nitrogens with two attached hydrogens (primary N) is 1. The summed E-state index contributed by atoms with van der Waals surface area (Å²) in [6, 6.07) is 15.4. The minimum absolute atomic E-state index is 0.161. The second kappa shape index (κ2) is 8.02. The molecule has 3 atom stereocenters. The highest BCUT2D eigenvalue weighted by atomic mass is 35.5. The van der Waals surface area contributed by atoms with Crippen LogP contribution in [0.4, 0.5) is 0 Å². The van der Waals surface area contributed by atoms with Crippen molar-refractivity contribution in [3.05, 3.63) is 64.7 Å². The fourth-order valence-electron chi connectivity index (χ4n) is 2.49. The van der Waals surface area contributed by atoms with Gasteiger partial charge in [-0.05, 0) is 54.0 Å². The monoisotopic (exact) mass is 335 g/mol. The van der Waals surface area contributed by atoms with Crippen LogP contribution in [0.2, 0.25) is 5.02 Å². The van der Waals surface area contributed by atoms with Crippen LogP contribution in [0.1, 0.15) is 24.2 Å². The van der Waals surface area contributed by atoms with Crippen LogP contribution in [-0.4, -0.2) is 17.4 Å². The van der Waals surface area contributed by atoms with Gasteiger partial charge in [-0.3, -0.25) is 0 Å². The van der Waals surface area contributed by atoms with Crippen molar-refractivity contribution in [3.8, 4) is 0 Å². The molecule has 0 aliphatic heterocycles. The maximum absolute atomic E-state index is 10.5. The zero-order valence-corrected chi connectivity index (χ0v) is 14.4. The molecule has 0 radical (unpaired) electrons. The molecule has 0 fully saturated rings. The lowest BCUT2D eigenvalue weighted by molar-refractivity contribution is 0.121. The van der Waals surface area contributed by atoms with Crippen molar-refractivity contribution < 1.29 is 5.11 Å². The number of halogens is 1. The van der Waals surface area contributed by atoms with E-state index >= 15 is 0 Å². The third-order valence-electron chi connectivity index (χ3n) is 3.93. The van der Waals surface area contributed by atoms with E-state index in [0.717, 1.165) is 12.0 Å². The molecule has 0 bridgehead atoms. The smallest absolute Gasteiger partial charge is 0.0944 e. The molecule has 1 unspecified atom stereocenters. The molecule has 2 aromatic carbocycles. The average molecular weight is 336 g/mol. The maximum Gasteiger partial charge on any atom is 0.0944 e. The third-order valence-corrected chi connectivity index (χ3v) is 4.91. The second-order valence-electron chi connectivity index (χ2n) is 5.61. The molecule has 2 aromatic rings. The molecule has 3 N–H and O–H groups in total. The van der Waals surface area contributed by atoms with Gasteiger partial charge in [0.2, 0.25) is 0 Å². The minimum atomic E-state index is -0.709. The topological polar surface area (TPSA) is 46.2 Å². The summed E-state index contributed by atoms with van der Waals surface area (Å²) < 4.78 is 0. The van der Waals surface area contributed by atoms with Crippen LogP contribution in [0.5, 0.6) is 0 Å². The summed E-state index contributed by atoms with van der Waals surface area (Å²) in [5.41, 5.74) is 8.25. The second-order valence-corrected chi connectivity index (χ2v) is 6.92. The summed E-state index contributed by atoms with van der Waals surface area (Å²) in [4.78, 5) is 1.25. The van der Waals surface area contributed by atoms with Crippen molar-refractivity contribution in [2.24, 2.45) is 11.7 Å². The molecule has 118 valence electrons. The molecule has 2 nitrogen and oxygen atoms in total. The Kier molecular flexibility index (Phi) is 6.33. The minimum Gasteiger partial charge on any atom is -0.387 e. The first-order valence-corrected chi connectivity index (χ1v) is 8.93. The van der Waals surface area contributed by atoms with E-state index < -0.39 is 6.10 Å². The molecule has 0 heterocycles. The van der Waals surface area contributed by atoms with Crippen LogP contribution in [0.3, 0.4) is 0 Å². The number of aliphatic hydroxyl groups excluding tert-OH is 1. The molecule has 0 saturated heterocycles. The molecule has 0 aromatic heterocycles. The van der Waals surface area contributed by atoms with Gasteiger partial charge in [0.05, 0.1) is 6.10 Å². The van der Waals surface area contributed by atoms with E-state index in [2.05, 4.69) is 37.4 Å². The van der Waals surface area contributed by atoms with Crippen molar-refractivity contribution in [2.75, 3.05) is 6.26 Å². The van der Waals surface area contributed by atoms with Crippen molar-refractivity contribution in [1.82, 2.24) is 0 Å². The number of benzene rings is 2. The predicted octanol–water partition coefficient (Wildman–Crippen LogP) is 4.30. The number of thioether (sulfide) groups is 1. The first-order chi connectivity index (χ1) is 10.5. The van der Waals surface area contributed by atoms with Crippen LogP contribution in [0.15, 0.2) is 53.4 Å². The van der Waals surface area contributed by atoms with Gasteiger partial charge in [0.1, 0.15) is 0 Å². The van der Waals surface area contributed by atoms with Crippen LogP contribution in [0, 0.1) is 5.92 Å². The first kappa shape index (κ1) is 17.4. The Balaban J connectivity index is 2.02.